The van der Waals surface area contributed by atoms with E-state index in [1.54, 1.807) is 13.2 Å². The van der Waals surface area contributed by atoms with E-state index < -0.39 is 0 Å². The van der Waals surface area contributed by atoms with Gasteiger partial charge in [-0.25, -0.2) is 0 Å². The van der Waals surface area contributed by atoms with E-state index in [2.05, 4.69) is 31.0 Å². The first-order chi connectivity index (χ1) is 9.74. The van der Waals surface area contributed by atoms with Gasteiger partial charge in [-0.15, -0.1) is 10.2 Å². The van der Waals surface area contributed by atoms with E-state index in [-0.39, 0.29) is 5.91 Å². The topological polar surface area (TPSA) is 58.6 Å². The Labute approximate surface area is 127 Å². The Morgan fingerprint density at radius 2 is 2.05 bits per heavy atom. The molecule has 1 amide bonds. The molecule has 1 aromatic rings. The third-order valence-corrected chi connectivity index (χ3v) is 3.88. The molecule has 1 aliphatic heterocycles. The summed E-state index contributed by atoms with van der Waals surface area (Å²) in [6.07, 6.45) is 1.51. The molecule has 1 aliphatic rings. The normalized spacial score (nSPS) is 15.3. The molecule has 0 aromatic carbocycles. The van der Waals surface area contributed by atoms with Crippen molar-refractivity contribution in [2.45, 2.75) is 12.8 Å². The molecule has 1 fully saturated rings. The van der Waals surface area contributed by atoms with E-state index in [0.717, 1.165) is 43.7 Å². The summed E-state index contributed by atoms with van der Waals surface area (Å²) >= 11 is 3.35. The highest BCUT2D eigenvalue weighted by Gasteiger charge is 2.21. The summed E-state index contributed by atoms with van der Waals surface area (Å²) in [6.45, 7) is 3.08. The molecule has 0 atom stereocenters. The van der Waals surface area contributed by atoms with Gasteiger partial charge in [0.05, 0.1) is 7.11 Å². The summed E-state index contributed by atoms with van der Waals surface area (Å²) in [4.78, 5) is 16.0. The number of rotatable bonds is 5. The standard InChI is InChI=1S/C13H19BrN4O2/c1-20-12-5-4-11(15-16-12)17-7-9-18(10-8-17)13(19)3-2-6-14/h4-5H,2-3,6-10H2,1H3. The number of nitrogens with zero attached hydrogens (tertiary/aromatic N) is 4. The van der Waals surface area contributed by atoms with Gasteiger partial charge in [0.2, 0.25) is 11.8 Å². The summed E-state index contributed by atoms with van der Waals surface area (Å²) in [7, 11) is 1.57. The number of halogens is 1. The average molecular weight is 343 g/mol. The van der Waals surface area contributed by atoms with Crippen molar-refractivity contribution in [2.24, 2.45) is 0 Å². The maximum absolute atomic E-state index is 11.9. The highest BCUT2D eigenvalue weighted by Crippen LogP contribution is 2.15. The van der Waals surface area contributed by atoms with E-state index in [9.17, 15) is 4.79 Å². The van der Waals surface area contributed by atoms with Crippen molar-refractivity contribution in [2.75, 3.05) is 43.5 Å². The number of hydrogen-bond donors (Lipinski definition) is 0. The number of carbonyl (C=O) groups is 1. The molecular formula is C13H19BrN4O2. The second kappa shape index (κ2) is 7.42. The van der Waals surface area contributed by atoms with Gasteiger partial charge < -0.3 is 14.5 Å². The second-order valence-electron chi connectivity index (χ2n) is 4.59. The molecule has 7 heteroatoms. The smallest absolute Gasteiger partial charge is 0.233 e. The van der Waals surface area contributed by atoms with Crippen molar-refractivity contribution in [1.82, 2.24) is 15.1 Å². The van der Waals surface area contributed by atoms with Crippen LogP contribution in [0.5, 0.6) is 5.88 Å². The van der Waals surface area contributed by atoms with Gasteiger partial charge in [-0.2, -0.15) is 0 Å². The van der Waals surface area contributed by atoms with Gasteiger partial charge in [0, 0.05) is 44.0 Å². The molecule has 2 heterocycles. The lowest BCUT2D eigenvalue weighted by Crippen LogP contribution is -2.49. The van der Waals surface area contributed by atoms with Gasteiger partial charge in [0.1, 0.15) is 0 Å². The van der Waals surface area contributed by atoms with Gasteiger partial charge in [-0.1, -0.05) is 15.9 Å². The number of amides is 1. The Bertz CT molecular complexity index is 433. The Morgan fingerprint density at radius 3 is 2.60 bits per heavy atom. The SMILES string of the molecule is COc1ccc(N2CCN(C(=O)CCCBr)CC2)nn1. The van der Waals surface area contributed by atoms with E-state index in [0.29, 0.717) is 12.3 Å². The zero-order chi connectivity index (χ0) is 14.4. The first kappa shape index (κ1) is 15.0. The maximum atomic E-state index is 11.9. The molecule has 0 aliphatic carbocycles. The van der Waals surface area contributed by atoms with Crippen LogP contribution in [0.1, 0.15) is 12.8 Å². The van der Waals surface area contributed by atoms with Crippen LogP contribution in [0.15, 0.2) is 12.1 Å². The van der Waals surface area contributed by atoms with Crippen LogP contribution < -0.4 is 9.64 Å². The van der Waals surface area contributed by atoms with Crippen LogP contribution in [0.2, 0.25) is 0 Å². The summed E-state index contributed by atoms with van der Waals surface area (Å²) in [5, 5.41) is 8.98. The predicted octanol–water partition coefficient (Wildman–Crippen LogP) is 1.31. The van der Waals surface area contributed by atoms with Crippen molar-refractivity contribution >= 4 is 27.7 Å². The van der Waals surface area contributed by atoms with Crippen LogP contribution in [0.3, 0.4) is 0 Å². The third kappa shape index (κ3) is 3.82. The quantitative estimate of drug-likeness (QED) is 0.755. The van der Waals surface area contributed by atoms with Crippen molar-refractivity contribution in [3.63, 3.8) is 0 Å². The molecule has 0 unspecified atom stereocenters. The predicted molar refractivity (Wildman–Crippen MR) is 80.4 cm³/mol. The zero-order valence-electron chi connectivity index (χ0n) is 11.6. The molecule has 0 N–H and O–H groups in total. The monoisotopic (exact) mass is 342 g/mol. The Morgan fingerprint density at radius 1 is 1.30 bits per heavy atom. The number of ether oxygens (including phenoxy) is 1. The van der Waals surface area contributed by atoms with Crippen molar-refractivity contribution in [3.8, 4) is 5.88 Å². The van der Waals surface area contributed by atoms with Crippen LogP contribution >= 0.6 is 15.9 Å². The molecule has 2 rings (SSSR count). The number of piperazine rings is 1. The minimum absolute atomic E-state index is 0.241. The second-order valence-corrected chi connectivity index (χ2v) is 5.39. The third-order valence-electron chi connectivity index (χ3n) is 3.32. The largest absolute Gasteiger partial charge is 0.480 e. The number of anilines is 1. The van der Waals surface area contributed by atoms with Gasteiger partial charge in [0.15, 0.2) is 5.82 Å². The van der Waals surface area contributed by atoms with Crippen molar-refractivity contribution in [3.05, 3.63) is 12.1 Å². The van der Waals surface area contributed by atoms with E-state index in [4.69, 9.17) is 4.74 Å². The van der Waals surface area contributed by atoms with Crippen LogP contribution in [-0.2, 0) is 4.79 Å². The summed E-state index contributed by atoms with van der Waals surface area (Å²) in [6, 6.07) is 3.70. The van der Waals surface area contributed by atoms with E-state index >= 15 is 0 Å². The highest BCUT2D eigenvalue weighted by atomic mass is 79.9. The molecule has 1 saturated heterocycles. The molecule has 0 radical (unpaired) electrons. The summed E-state index contributed by atoms with van der Waals surface area (Å²) in [5.74, 6) is 1.58. The summed E-state index contributed by atoms with van der Waals surface area (Å²) in [5.41, 5.74) is 0. The number of methoxy groups -OCH3 is 1. The Hall–Kier alpha value is -1.37. The van der Waals surface area contributed by atoms with Gasteiger partial charge >= 0.3 is 0 Å². The molecule has 0 saturated carbocycles. The lowest BCUT2D eigenvalue weighted by molar-refractivity contribution is -0.131. The number of alkyl halides is 1. The minimum Gasteiger partial charge on any atom is -0.480 e. The zero-order valence-corrected chi connectivity index (χ0v) is 13.2. The minimum atomic E-state index is 0.241. The lowest BCUT2D eigenvalue weighted by Gasteiger charge is -2.35. The average Bonchev–Trinajstić information content (AvgIpc) is 2.53. The Balaban J connectivity index is 1.85. The van der Waals surface area contributed by atoms with E-state index in [1.165, 1.54) is 0 Å². The van der Waals surface area contributed by atoms with Gasteiger partial charge in [-0.05, 0) is 12.5 Å². The first-order valence-corrected chi connectivity index (χ1v) is 7.83. The molecule has 110 valence electrons. The number of hydrogen-bond acceptors (Lipinski definition) is 5. The molecule has 1 aromatic heterocycles. The fraction of sp³-hybridized carbons (Fsp3) is 0.615. The number of aromatic nitrogens is 2. The van der Waals surface area contributed by atoms with Gasteiger partial charge in [0.25, 0.3) is 0 Å². The van der Waals surface area contributed by atoms with Gasteiger partial charge in [-0.3, -0.25) is 4.79 Å². The van der Waals surface area contributed by atoms with Crippen LogP contribution in [0.25, 0.3) is 0 Å². The lowest BCUT2D eigenvalue weighted by atomic mass is 10.2. The molecule has 6 nitrogen and oxygen atoms in total. The summed E-state index contributed by atoms with van der Waals surface area (Å²) < 4.78 is 4.99. The van der Waals surface area contributed by atoms with Crippen LogP contribution in [0.4, 0.5) is 5.82 Å². The maximum Gasteiger partial charge on any atom is 0.233 e. The molecule has 0 bridgehead atoms. The molecule has 0 spiro atoms. The molecular weight excluding hydrogens is 324 g/mol. The van der Waals surface area contributed by atoms with E-state index in [1.807, 2.05) is 11.0 Å². The fourth-order valence-electron chi connectivity index (χ4n) is 2.15. The molecule has 20 heavy (non-hydrogen) atoms. The Kier molecular flexibility index (Phi) is 5.58. The fourth-order valence-corrected chi connectivity index (χ4v) is 2.43. The van der Waals surface area contributed by atoms with Crippen molar-refractivity contribution < 1.29 is 9.53 Å². The first-order valence-electron chi connectivity index (χ1n) is 6.71. The number of carbonyl (C=O) groups excluding carboxylic acids is 1. The van der Waals surface area contributed by atoms with Crippen molar-refractivity contribution in [1.29, 1.82) is 0 Å². The van der Waals surface area contributed by atoms with Crippen LogP contribution in [-0.4, -0.2) is 59.6 Å². The highest BCUT2D eigenvalue weighted by molar-refractivity contribution is 9.09. The van der Waals surface area contributed by atoms with Crippen LogP contribution in [0, 0.1) is 0 Å².